The monoisotopic (exact) mass is 402 g/mol. The topological polar surface area (TPSA) is 68.3 Å². The maximum atomic E-state index is 12.1. The van der Waals surface area contributed by atoms with Crippen LogP contribution in [0.2, 0.25) is 0 Å². The van der Waals surface area contributed by atoms with Gasteiger partial charge in [0, 0.05) is 6.92 Å². The molecule has 1 heterocycles. The molecule has 6 heteroatoms. The number of thiazole rings is 1. The molecule has 152 valence electrons. The summed E-state index contributed by atoms with van der Waals surface area (Å²) in [5.41, 5.74) is 2.18. The Bertz CT molecular complexity index is 846. The first-order chi connectivity index (χ1) is 12.9. The number of rotatable bonds is 7. The summed E-state index contributed by atoms with van der Waals surface area (Å²) >= 11 is 1.18. The van der Waals surface area contributed by atoms with Gasteiger partial charge in [-0.05, 0) is 41.9 Å². The van der Waals surface area contributed by atoms with Crippen LogP contribution in [0, 0.1) is 12.3 Å². The van der Waals surface area contributed by atoms with E-state index in [9.17, 15) is 9.59 Å². The van der Waals surface area contributed by atoms with E-state index < -0.39 is 0 Å². The Kier molecular flexibility index (Phi) is 6.65. The highest BCUT2D eigenvalue weighted by Crippen LogP contribution is 2.36. The van der Waals surface area contributed by atoms with E-state index in [2.05, 4.69) is 57.1 Å². The second kappa shape index (κ2) is 8.43. The van der Waals surface area contributed by atoms with E-state index in [1.807, 2.05) is 12.1 Å². The molecular formula is C22H30N2O3S. The van der Waals surface area contributed by atoms with E-state index in [1.165, 1.54) is 23.8 Å². The van der Waals surface area contributed by atoms with Gasteiger partial charge in [0.25, 0.3) is 5.91 Å². The number of ether oxygens (including phenoxy) is 1. The van der Waals surface area contributed by atoms with Gasteiger partial charge in [-0.15, -0.1) is 0 Å². The molecule has 0 unspecified atom stereocenters. The summed E-state index contributed by atoms with van der Waals surface area (Å²) < 4.78 is 5.59. The van der Waals surface area contributed by atoms with Crippen molar-refractivity contribution in [3.63, 3.8) is 0 Å². The van der Waals surface area contributed by atoms with Crippen molar-refractivity contribution in [2.75, 3.05) is 11.9 Å². The summed E-state index contributed by atoms with van der Waals surface area (Å²) in [5, 5.41) is 3.09. The zero-order valence-corrected chi connectivity index (χ0v) is 18.6. The van der Waals surface area contributed by atoms with Crippen molar-refractivity contribution in [2.45, 2.75) is 60.3 Å². The maximum Gasteiger partial charge on any atom is 0.264 e. The first-order valence-corrected chi connectivity index (χ1v) is 10.2. The fourth-order valence-corrected chi connectivity index (χ4v) is 4.39. The van der Waals surface area contributed by atoms with E-state index >= 15 is 0 Å². The van der Waals surface area contributed by atoms with Crippen LogP contribution in [0.4, 0.5) is 5.13 Å². The smallest absolute Gasteiger partial charge is 0.264 e. The van der Waals surface area contributed by atoms with Crippen LogP contribution in [-0.4, -0.2) is 23.3 Å². The van der Waals surface area contributed by atoms with Crippen molar-refractivity contribution < 1.29 is 14.3 Å². The number of carbonyl (C=O) groups excluding carboxylic acids is 2. The van der Waals surface area contributed by atoms with Crippen molar-refractivity contribution in [3.8, 4) is 5.75 Å². The third-order valence-electron chi connectivity index (χ3n) is 4.34. The van der Waals surface area contributed by atoms with Gasteiger partial charge in [0.2, 0.25) is 0 Å². The molecule has 5 nitrogen and oxygen atoms in total. The second-order valence-electron chi connectivity index (χ2n) is 8.97. The third kappa shape index (κ3) is 6.16. The quantitative estimate of drug-likeness (QED) is 0.631. The van der Waals surface area contributed by atoms with Crippen LogP contribution in [0.5, 0.6) is 5.75 Å². The minimum absolute atomic E-state index is 0.0544. The molecule has 0 aliphatic rings. The number of anilines is 1. The lowest BCUT2D eigenvalue weighted by molar-refractivity contribution is -0.118. The van der Waals surface area contributed by atoms with Crippen LogP contribution in [0.25, 0.3) is 0 Å². The molecule has 0 radical (unpaired) electrons. The minimum atomic E-state index is -0.305. The summed E-state index contributed by atoms with van der Waals surface area (Å²) in [7, 11) is 0. The molecule has 2 rings (SSSR count). The number of amides is 1. The van der Waals surface area contributed by atoms with Crippen molar-refractivity contribution in [1.29, 1.82) is 0 Å². The molecular weight excluding hydrogens is 372 g/mol. The summed E-state index contributed by atoms with van der Waals surface area (Å²) in [5.74, 6) is 0.285. The molecule has 0 saturated carbocycles. The Hall–Kier alpha value is -2.21. The van der Waals surface area contributed by atoms with Gasteiger partial charge in [-0.2, -0.15) is 0 Å². The molecule has 1 amide bonds. The number of Topliss-reactive ketones (excluding diaryl/α,β-unsaturated/α-hetero) is 1. The fraction of sp³-hybridized carbons (Fsp3) is 0.500. The lowest BCUT2D eigenvalue weighted by Crippen LogP contribution is -2.24. The molecule has 1 N–H and O–H groups in total. The third-order valence-corrected chi connectivity index (χ3v) is 5.51. The van der Waals surface area contributed by atoms with Gasteiger partial charge in [0.05, 0.1) is 10.6 Å². The van der Waals surface area contributed by atoms with E-state index in [4.69, 9.17) is 4.74 Å². The highest BCUT2D eigenvalue weighted by molar-refractivity contribution is 7.17. The Morgan fingerprint density at radius 1 is 1.11 bits per heavy atom. The first kappa shape index (κ1) is 22.1. The second-order valence-corrected chi connectivity index (χ2v) is 9.97. The highest BCUT2D eigenvalue weighted by Gasteiger charge is 2.27. The molecule has 0 aliphatic carbocycles. The van der Waals surface area contributed by atoms with Crippen molar-refractivity contribution in [1.82, 2.24) is 4.98 Å². The van der Waals surface area contributed by atoms with E-state index in [-0.39, 0.29) is 29.1 Å². The Labute approximate surface area is 171 Å². The van der Waals surface area contributed by atoms with Gasteiger partial charge >= 0.3 is 0 Å². The molecule has 0 bridgehead atoms. The Morgan fingerprint density at radius 3 is 2.21 bits per heavy atom. The standard InChI is InChI=1S/C22H30N2O3S/c1-14-19(15(2)25)28-20(23-14)24-18(26)12-27-17-10-8-16(9-11-17)22(6,7)13-21(3,4)5/h8-11H,12-13H2,1-7H3,(H,23,24,26). The number of nitrogens with zero attached hydrogens (tertiary/aromatic N) is 1. The van der Waals surface area contributed by atoms with Gasteiger partial charge in [0.1, 0.15) is 5.75 Å². The fourth-order valence-electron chi connectivity index (χ4n) is 3.51. The number of nitrogens with one attached hydrogen (secondary N) is 1. The summed E-state index contributed by atoms with van der Waals surface area (Å²) in [4.78, 5) is 28.4. The van der Waals surface area contributed by atoms with Crippen LogP contribution < -0.4 is 10.1 Å². The predicted molar refractivity (Wildman–Crippen MR) is 115 cm³/mol. The number of aromatic nitrogens is 1. The number of aryl methyl sites for hydroxylation is 1. The molecule has 2 aromatic rings. The zero-order chi connectivity index (χ0) is 21.1. The van der Waals surface area contributed by atoms with Gasteiger partial charge in [0.15, 0.2) is 17.5 Å². The molecule has 0 atom stereocenters. The number of carbonyl (C=O) groups is 2. The summed E-state index contributed by atoms with van der Waals surface area (Å²) in [6, 6.07) is 7.91. The molecule has 0 fully saturated rings. The van der Waals surface area contributed by atoms with Crippen LogP contribution in [0.3, 0.4) is 0 Å². The van der Waals surface area contributed by atoms with E-state index in [0.29, 0.717) is 21.5 Å². The predicted octanol–water partition coefficient (Wildman–Crippen LogP) is 5.39. The number of hydrogen-bond acceptors (Lipinski definition) is 5. The number of hydrogen-bond donors (Lipinski definition) is 1. The molecule has 28 heavy (non-hydrogen) atoms. The minimum Gasteiger partial charge on any atom is -0.484 e. The number of ketones is 1. The van der Waals surface area contributed by atoms with Crippen molar-refractivity contribution in [2.24, 2.45) is 5.41 Å². The van der Waals surface area contributed by atoms with Gasteiger partial charge in [-0.25, -0.2) is 4.98 Å². The Balaban J connectivity index is 1.93. The van der Waals surface area contributed by atoms with Gasteiger partial charge in [-0.3, -0.25) is 14.9 Å². The molecule has 1 aromatic carbocycles. The van der Waals surface area contributed by atoms with Crippen molar-refractivity contribution >= 4 is 28.2 Å². The van der Waals surface area contributed by atoms with Gasteiger partial charge < -0.3 is 4.74 Å². The van der Waals surface area contributed by atoms with Crippen LogP contribution >= 0.6 is 11.3 Å². The SMILES string of the molecule is CC(=O)c1sc(NC(=O)COc2ccc(C(C)(C)CC(C)(C)C)cc2)nc1C. The summed E-state index contributed by atoms with van der Waals surface area (Å²) in [6.07, 6.45) is 1.07. The van der Waals surface area contributed by atoms with E-state index in [0.717, 1.165) is 6.42 Å². The normalized spacial score (nSPS) is 12.0. The lowest BCUT2D eigenvalue weighted by atomic mass is 9.72. The molecule has 0 aliphatic heterocycles. The van der Waals surface area contributed by atoms with Crippen molar-refractivity contribution in [3.05, 3.63) is 40.4 Å². The largest absolute Gasteiger partial charge is 0.484 e. The molecule has 1 aromatic heterocycles. The highest BCUT2D eigenvalue weighted by atomic mass is 32.1. The molecule has 0 saturated heterocycles. The summed E-state index contributed by atoms with van der Waals surface area (Å²) in [6.45, 7) is 14.3. The number of benzene rings is 1. The average Bonchev–Trinajstić information content (AvgIpc) is 2.91. The Morgan fingerprint density at radius 2 is 1.71 bits per heavy atom. The van der Waals surface area contributed by atoms with Crippen LogP contribution in [-0.2, 0) is 10.2 Å². The van der Waals surface area contributed by atoms with Crippen LogP contribution in [0.1, 0.15) is 68.9 Å². The molecule has 0 spiro atoms. The zero-order valence-electron chi connectivity index (χ0n) is 17.8. The average molecular weight is 403 g/mol. The van der Waals surface area contributed by atoms with Crippen LogP contribution in [0.15, 0.2) is 24.3 Å². The van der Waals surface area contributed by atoms with E-state index in [1.54, 1.807) is 6.92 Å². The maximum absolute atomic E-state index is 12.1. The van der Waals surface area contributed by atoms with Gasteiger partial charge in [-0.1, -0.05) is 58.1 Å². The first-order valence-electron chi connectivity index (χ1n) is 9.39. The lowest BCUT2D eigenvalue weighted by Gasteiger charge is -2.33.